The van der Waals surface area contributed by atoms with Gasteiger partial charge < -0.3 is 19.4 Å². The Balaban J connectivity index is 1.92. The number of aromatic nitrogens is 2. The molecule has 0 saturated carbocycles. The summed E-state index contributed by atoms with van der Waals surface area (Å²) in [6, 6.07) is 10.9. The highest BCUT2D eigenvalue weighted by molar-refractivity contribution is 6.34. The summed E-state index contributed by atoms with van der Waals surface area (Å²) in [7, 11) is 5.17. The van der Waals surface area contributed by atoms with Crippen molar-refractivity contribution in [3.63, 3.8) is 0 Å². The van der Waals surface area contributed by atoms with Crippen molar-refractivity contribution in [1.82, 2.24) is 10.2 Å². The molecule has 2 aromatic carbocycles. The number of carbonyl (C=O) groups is 2. The van der Waals surface area contributed by atoms with E-state index in [4.69, 9.17) is 20.8 Å². The number of carbonyl (C=O) groups excluding carboxylic acids is 2. The van der Waals surface area contributed by atoms with E-state index in [2.05, 4.69) is 15.5 Å². The summed E-state index contributed by atoms with van der Waals surface area (Å²) in [4.78, 5) is 26.7. The first-order valence-electron chi connectivity index (χ1n) is 9.07. The summed E-state index contributed by atoms with van der Waals surface area (Å²) < 4.78 is 10.1. The van der Waals surface area contributed by atoms with Gasteiger partial charge in [-0.25, -0.2) is 4.79 Å². The Morgan fingerprint density at radius 2 is 1.87 bits per heavy atom. The van der Waals surface area contributed by atoms with Crippen LogP contribution in [0.15, 0.2) is 40.8 Å². The minimum Gasteiger partial charge on any atom is -0.465 e. The molecule has 3 aromatic rings. The maximum atomic E-state index is 12.4. The van der Waals surface area contributed by atoms with Gasteiger partial charge in [-0.05, 0) is 29.8 Å². The topological polar surface area (TPSA) is 97.6 Å². The fourth-order valence-electron chi connectivity index (χ4n) is 2.86. The second-order valence-corrected chi connectivity index (χ2v) is 7.16. The fraction of sp³-hybridized carbons (Fsp3) is 0.238. The summed E-state index contributed by atoms with van der Waals surface area (Å²) in [6.45, 7) is 1.63. The van der Waals surface area contributed by atoms with Gasteiger partial charge >= 0.3 is 5.97 Å². The van der Waals surface area contributed by atoms with Crippen LogP contribution in [0, 0.1) is 6.92 Å². The molecule has 0 aliphatic heterocycles. The zero-order chi connectivity index (χ0) is 21.8. The number of methoxy groups -OCH3 is 1. The third-order valence-corrected chi connectivity index (χ3v) is 4.67. The molecule has 0 fully saturated rings. The number of halogens is 1. The number of ether oxygens (including phenoxy) is 1. The second-order valence-electron chi connectivity index (χ2n) is 6.75. The van der Waals surface area contributed by atoms with Gasteiger partial charge in [-0.2, -0.15) is 0 Å². The molecule has 0 bridgehead atoms. The average molecular weight is 429 g/mol. The van der Waals surface area contributed by atoms with Crippen molar-refractivity contribution in [2.75, 3.05) is 31.4 Å². The van der Waals surface area contributed by atoms with Crippen LogP contribution in [0.25, 0.3) is 11.1 Å². The molecule has 0 spiro atoms. The largest absolute Gasteiger partial charge is 0.465 e. The van der Waals surface area contributed by atoms with Crippen molar-refractivity contribution in [3.8, 4) is 11.1 Å². The third-order valence-electron chi connectivity index (χ3n) is 4.36. The number of benzene rings is 2. The van der Waals surface area contributed by atoms with Gasteiger partial charge in [0, 0.05) is 32.3 Å². The molecule has 0 unspecified atom stereocenters. The Kier molecular flexibility index (Phi) is 6.37. The molecule has 1 amide bonds. The van der Waals surface area contributed by atoms with Crippen LogP contribution in [0.4, 0.5) is 11.4 Å². The maximum absolute atomic E-state index is 12.4. The zero-order valence-electron chi connectivity index (χ0n) is 17.0. The Morgan fingerprint density at radius 1 is 1.17 bits per heavy atom. The Hall–Kier alpha value is -3.39. The number of aryl methyl sites for hydroxylation is 1. The molecule has 0 aliphatic carbocycles. The van der Waals surface area contributed by atoms with Gasteiger partial charge in [-0.3, -0.25) is 4.79 Å². The van der Waals surface area contributed by atoms with Crippen LogP contribution in [0.2, 0.25) is 5.02 Å². The van der Waals surface area contributed by atoms with E-state index in [0.717, 1.165) is 11.3 Å². The zero-order valence-corrected chi connectivity index (χ0v) is 17.8. The molecule has 9 heteroatoms. The van der Waals surface area contributed by atoms with Crippen molar-refractivity contribution in [3.05, 3.63) is 58.8 Å². The normalized spacial score (nSPS) is 10.6. The molecule has 0 atom stereocenters. The van der Waals surface area contributed by atoms with Gasteiger partial charge in [-0.1, -0.05) is 23.7 Å². The predicted molar refractivity (Wildman–Crippen MR) is 114 cm³/mol. The van der Waals surface area contributed by atoms with Crippen LogP contribution in [-0.2, 0) is 16.0 Å². The molecule has 0 saturated heterocycles. The van der Waals surface area contributed by atoms with Crippen molar-refractivity contribution in [1.29, 1.82) is 0 Å². The Morgan fingerprint density at radius 3 is 2.43 bits per heavy atom. The van der Waals surface area contributed by atoms with Crippen LogP contribution in [0.1, 0.15) is 22.1 Å². The number of nitrogens with zero attached hydrogens (tertiary/aromatic N) is 3. The number of rotatable bonds is 6. The lowest BCUT2D eigenvalue weighted by Crippen LogP contribution is -2.17. The molecule has 30 heavy (non-hydrogen) atoms. The van der Waals surface area contributed by atoms with E-state index < -0.39 is 11.9 Å². The summed E-state index contributed by atoms with van der Waals surface area (Å²) in [6.07, 6.45) is -0.132. The first-order chi connectivity index (χ1) is 14.3. The van der Waals surface area contributed by atoms with E-state index in [1.54, 1.807) is 13.0 Å². The molecular weight excluding hydrogens is 408 g/mol. The molecule has 156 valence electrons. The van der Waals surface area contributed by atoms with Crippen molar-refractivity contribution in [2.24, 2.45) is 0 Å². The Labute approximate surface area is 178 Å². The van der Waals surface area contributed by atoms with Crippen molar-refractivity contribution >= 4 is 34.9 Å². The molecule has 3 rings (SSSR count). The van der Waals surface area contributed by atoms with E-state index in [9.17, 15) is 9.59 Å². The third kappa shape index (κ3) is 4.77. The first-order valence-corrected chi connectivity index (χ1v) is 9.44. The standard InChI is InChI=1S/C21H21ClN4O4/c1-12-24-25-20(30-12)11-19(27)23-18-10-17(22)15(9-16(18)21(28)29-4)13-5-7-14(8-6-13)26(2)3/h5-10H,11H2,1-4H3,(H,23,27). The number of nitrogens with one attached hydrogen (secondary N) is 1. The lowest BCUT2D eigenvalue weighted by Gasteiger charge is -2.15. The maximum Gasteiger partial charge on any atom is 0.339 e. The van der Waals surface area contributed by atoms with Gasteiger partial charge in [0.15, 0.2) is 0 Å². The van der Waals surface area contributed by atoms with E-state index in [1.165, 1.54) is 13.2 Å². The first kappa shape index (κ1) is 21.3. The van der Waals surface area contributed by atoms with Crippen molar-refractivity contribution < 1.29 is 18.7 Å². The molecule has 1 heterocycles. The van der Waals surface area contributed by atoms with Crippen molar-refractivity contribution in [2.45, 2.75) is 13.3 Å². The van der Waals surface area contributed by atoms with Crippen LogP contribution < -0.4 is 10.2 Å². The van der Waals surface area contributed by atoms with Crippen LogP contribution in [-0.4, -0.2) is 43.3 Å². The highest BCUT2D eigenvalue weighted by atomic mass is 35.5. The Bertz CT molecular complexity index is 1080. The lowest BCUT2D eigenvalue weighted by molar-refractivity contribution is -0.115. The number of anilines is 2. The van der Waals surface area contributed by atoms with Gasteiger partial charge in [-0.15, -0.1) is 10.2 Å². The molecular formula is C21H21ClN4O4. The average Bonchev–Trinajstić information content (AvgIpc) is 3.12. The molecule has 0 radical (unpaired) electrons. The van der Waals surface area contributed by atoms with Gasteiger partial charge in [0.2, 0.25) is 17.7 Å². The quantitative estimate of drug-likeness (QED) is 0.597. The van der Waals surface area contributed by atoms with Gasteiger partial charge in [0.25, 0.3) is 0 Å². The molecule has 8 nitrogen and oxygen atoms in total. The fourth-order valence-corrected chi connectivity index (χ4v) is 3.13. The van der Waals surface area contributed by atoms with Crippen LogP contribution in [0.5, 0.6) is 0 Å². The number of esters is 1. The summed E-state index contributed by atoms with van der Waals surface area (Å²) >= 11 is 6.48. The second kappa shape index (κ2) is 8.96. The summed E-state index contributed by atoms with van der Waals surface area (Å²) in [5.41, 5.74) is 2.93. The number of amides is 1. The highest BCUT2D eigenvalue weighted by Gasteiger charge is 2.19. The van der Waals surface area contributed by atoms with E-state index >= 15 is 0 Å². The SMILES string of the molecule is COC(=O)c1cc(-c2ccc(N(C)C)cc2)c(Cl)cc1NC(=O)Cc1nnc(C)o1. The lowest BCUT2D eigenvalue weighted by atomic mass is 10.0. The minimum absolute atomic E-state index is 0.132. The molecule has 1 N–H and O–H groups in total. The van der Waals surface area contributed by atoms with E-state index in [-0.39, 0.29) is 23.6 Å². The van der Waals surface area contributed by atoms with Gasteiger partial charge in [0.05, 0.1) is 23.4 Å². The van der Waals surface area contributed by atoms with Gasteiger partial charge in [0.1, 0.15) is 6.42 Å². The molecule has 1 aromatic heterocycles. The summed E-state index contributed by atoms with van der Waals surface area (Å²) in [5, 5.41) is 10.5. The monoisotopic (exact) mass is 428 g/mol. The number of hydrogen-bond acceptors (Lipinski definition) is 7. The van der Waals surface area contributed by atoms with E-state index in [0.29, 0.717) is 16.5 Å². The van der Waals surface area contributed by atoms with E-state index in [1.807, 2.05) is 43.3 Å². The smallest absolute Gasteiger partial charge is 0.339 e. The number of hydrogen-bond donors (Lipinski definition) is 1. The predicted octanol–water partition coefficient (Wildman–Crippen LogP) is 3.73. The highest BCUT2D eigenvalue weighted by Crippen LogP contribution is 2.34. The van der Waals surface area contributed by atoms with Crippen LogP contribution >= 0.6 is 11.6 Å². The van der Waals surface area contributed by atoms with Crippen LogP contribution in [0.3, 0.4) is 0 Å². The molecule has 0 aliphatic rings. The summed E-state index contributed by atoms with van der Waals surface area (Å²) in [5.74, 6) is -0.487. The minimum atomic E-state index is -0.596.